The minimum atomic E-state index is -0.417. The number of hydrogen-bond donors (Lipinski definition) is 2. The van der Waals surface area contributed by atoms with E-state index in [1.54, 1.807) is 25.2 Å². The maximum Gasteiger partial charge on any atom is 0.277 e. The number of hydrogen-bond acceptors (Lipinski definition) is 9. The summed E-state index contributed by atoms with van der Waals surface area (Å²) >= 11 is 2.83. The lowest BCUT2D eigenvalue weighted by Gasteiger charge is -2.16. The molecule has 0 unspecified atom stereocenters. The molecule has 2 N–H and O–H groups in total. The molecule has 4 aromatic rings. The van der Waals surface area contributed by atoms with Gasteiger partial charge in [-0.3, -0.25) is 14.9 Å². The van der Waals surface area contributed by atoms with Gasteiger partial charge in [0.1, 0.15) is 11.1 Å². The molecule has 9 nitrogen and oxygen atoms in total. The number of thiophene rings is 1. The van der Waals surface area contributed by atoms with Crippen molar-refractivity contribution in [1.82, 2.24) is 20.4 Å². The Bertz CT molecular complexity index is 1380. The Morgan fingerprint density at radius 3 is 3.00 bits per heavy atom. The maximum absolute atomic E-state index is 12.5. The second-order valence-electron chi connectivity index (χ2n) is 7.99. The second kappa shape index (κ2) is 8.21. The number of nitrogens with one attached hydrogen (secondary N) is 2. The summed E-state index contributed by atoms with van der Waals surface area (Å²) in [6.07, 6.45) is 3.39. The van der Waals surface area contributed by atoms with Gasteiger partial charge in [-0.05, 0) is 50.7 Å². The quantitative estimate of drug-likeness (QED) is 0.417. The van der Waals surface area contributed by atoms with Crippen LogP contribution >= 0.6 is 23.1 Å². The Kier molecular flexibility index (Phi) is 5.38. The number of fused-ring (bicyclic) bond motifs is 2. The molecule has 0 bridgehead atoms. The highest BCUT2D eigenvalue weighted by Crippen LogP contribution is 2.37. The van der Waals surface area contributed by atoms with E-state index in [4.69, 9.17) is 8.83 Å². The Labute approximate surface area is 191 Å². The van der Waals surface area contributed by atoms with Crippen LogP contribution in [0.25, 0.3) is 21.5 Å². The van der Waals surface area contributed by atoms with E-state index in [2.05, 4.69) is 38.7 Å². The summed E-state index contributed by atoms with van der Waals surface area (Å²) in [6.45, 7) is 5.76. The van der Waals surface area contributed by atoms with E-state index in [0.29, 0.717) is 33.9 Å². The molecule has 0 spiro atoms. The zero-order valence-electron chi connectivity index (χ0n) is 17.8. The van der Waals surface area contributed by atoms with Crippen LogP contribution in [-0.4, -0.2) is 32.1 Å². The van der Waals surface area contributed by atoms with Crippen LogP contribution in [-0.2, 0) is 17.6 Å². The number of anilines is 1. The van der Waals surface area contributed by atoms with Crippen molar-refractivity contribution in [3.05, 3.63) is 38.3 Å². The summed E-state index contributed by atoms with van der Waals surface area (Å²) in [6, 6.07) is 2.14. The fourth-order valence-electron chi connectivity index (χ4n) is 4.00. The number of aryl methyl sites for hydroxylation is 3. The number of nitrogens with zero attached hydrogens (tertiary/aromatic N) is 3. The van der Waals surface area contributed by atoms with Crippen molar-refractivity contribution in [3.63, 3.8) is 0 Å². The summed E-state index contributed by atoms with van der Waals surface area (Å²) in [7, 11) is 0. The highest BCUT2D eigenvalue weighted by Gasteiger charge is 2.22. The normalized spacial score (nSPS) is 15.8. The van der Waals surface area contributed by atoms with Gasteiger partial charge in [0.2, 0.25) is 11.8 Å². The van der Waals surface area contributed by atoms with Crippen LogP contribution in [0.4, 0.5) is 5.88 Å². The van der Waals surface area contributed by atoms with Crippen molar-refractivity contribution >= 4 is 45.7 Å². The molecule has 4 aromatic heterocycles. The molecule has 32 heavy (non-hydrogen) atoms. The number of rotatable bonds is 5. The standard InChI is InChI=1S/C21H21N5O4S2/c1-9-4-5-13-12(6-9)7-14(32-13)19-25-26-21(30-19)31-8-15(27)22-20-17-16(11(3)29-20)10(2)23-24-18(17)28/h7,9H,4-6,8H2,1-3H3,(H,22,27)(H,24,28)/t9-/m1/s1. The van der Waals surface area contributed by atoms with Crippen LogP contribution in [0.15, 0.2) is 24.9 Å². The Morgan fingerprint density at radius 1 is 1.31 bits per heavy atom. The van der Waals surface area contributed by atoms with Gasteiger partial charge in [0, 0.05) is 4.88 Å². The van der Waals surface area contributed by atoms with Crippen molar-refractivity contribution < 1.29 is 13.6 Å². The number of carbonyl (C=O) groups is 1. The molecule has 166 valence electrons. The average molecular weight is 472 g/mol. The molecule has 1 aliphatic carbocycles. The lowest BCUT2D eigenvalue weighted by atomic mass is 9.90. The first-order chi connectivity index (χ1) is 15.4. The summed E-state index contributed by atoms with van der Waals surface area (Å²) < 4.78 is 11.4. The first-order valence-electron chi connectivity index (χ1n) is 10.3. The van der Waals surface area contributed by atoms with Crippen LogP contribution in [0, 0.1) is 19.8 Å². The summed E-state index contributed by atoms with van der Waals surface area (Å²) in [5.41, 5.74) is 1.58. The molecule has 5 rings (SSSR count). The van der Waals surface area contributed by atoms with E-state index in [9.17, 15) is 9.59 Å². The number of aromatic amines is 1. The topological polar surface area (TPSA) is 127 Å². The minimum absolute atomic E-state index is 0.0311. The van der Waals surface area contributed by atoms with Gasteiger partial charge in [0.05, 0.1) is 21.7 Å². The third kappa shape index (κ3) is 3.86. The molecular formula is C21H21N5O4S2. The Balaban J connectivity index is 1.26. The van der Waals surface area contributed by atoms with Crippen LogP contribution in [0.3, 0.4) is 0 Å². The predicted octanol–water partition coefficient (Wildman–Crippen LogP) is 4.10. The van der Waals surface area contributed by atoms with Crippen molar-refractivity contribution in [1.29, 1.82) is 0 Å². The molecule has 4 heterocycles. The predicted molar refractivity (Wildman–Crippen MR) is 122 cm³/mol. The number of furan rings is 1. The van der Waals surface area contributed by atoms with Crippen LogP contribution in [0.2, 0.25) is 0 Å². The number of carbonyl (C=O) groups excluding carboxylic acids is 1. The smallest absolute Gasteiger partial charge is 0.277 e. The van der Waals surface area contributed by atoms with Crippen LogP contribution in [0.1, 0.15) is 35.2 Å². The number of amides is 1. The fraction of sp³-hybridized carbons (Fsp3) is 0.381. The van der Waals surface area contributed by atoms with Gasteiger partial charge in [-0.15, -0.1) is 21.5 Å². The molecule has 1 amide bonds. The molecule has 0 aromatic carbocycles. The molecule has 0 fully saturated rings. The number of H-pyrrole nitrogens is 1. The summed E-state index contributed by atoms with van der Waals surface area (Å²) in [5.74, 6) is 1.49. The molecule has 0 aliphatic heterocycles. The maximum atomic E-state index is 12.5. The van der Waals surface area contributed by atoms with Gasteiger partial charge in [-0.25, -0.2) is 5.10 Å². The van der Waals surface area contributed by atoms with E-state index < -0.39 is 5.56 Å². The number of aromatic nitrogens is 4. The molecule has 11 heteroatoms. The first-order valence-corrected chi connectivity index (χ1v) is 12.1. The minimum Gasteiger partial charge on any atom is -0.444 e. The van der Waals surface area contributed by atoms with E-state index >= 15 is 0 Å². The molecule has 1 atom stereocenters. The second-order valence-corrected chi connectivity index (χ2v) is 10.1. The Hall–Kier alpha value is -2.92. The molecule has 0 radical (unpaired) electrons. The fourth-order valence-corrected chi connectivity index (χ4v) is 5.69. The zero-order chi connectivity index (χ0) is 22.4. The number of thioether (sulfide) groups is 1. The third-order valence-electron chi connectivity index (χ3n) is 5.52. The Morgan fingerprint density at radius 2 is 2.16 bits per heavy atom. The van der Waals surface area contributed by atoms with Gasteiger partial charge >= 0.3 is 0 Å². The molecule has 0 saturated carbocycles. The highest BCUT2D eigenvalue weighted by molar-refractivity contribution is 7.99. The van der Waals surface area contributed by atoms with Gasteiger partial charge < -0.3 is 8.83 Å². The summed E-state index contributed by atoms with van der Waals surface area (Å²) in [4.78, 5) is 27.0. The van der Waals surface area contributed by atoms with Crippen molar-refractivity contribution in [2.45, 2.75) is 45.3 Å². The zero-order valence-corrected chi connectivity index (χ0v) is 19.4. The molecule has 1 aliphatic rings. The summed E-state index contributed by atoms with van der Waals surface area (Å²) in [5, 5.41) is 18.4. The van der Waals surface area contributed by atoms with E-state index in [0.717, 1.165) is 29.5 Å². The van der Waals surface area contributed by atoms with E-state index in [1.807, 2.05) is 0 Å². The van der Waals surface area contributed by atoms with E-state index in [1.165, 1.54) is 16.9 Å². The lowest BCUT2D eigenvalue weighted by molar-refractivity contribution is -0.113. The lowest BCUT2D eigenvalue weighted by Crippen LogP contribution is -2.16. The SMILES string of the molecule is Cc1n[nH]c(=O)c2c(NC(=O)CSc3nnc(-c4cc5c(s4)CC[C@@H](C)C5)o3)oc(C)c12. The van der Waals surface area contributed by atoms with Gasteiger partial charge in [-0.1, -0.05) is 18.7 Å². The van der Waals surface area contributed by atoms with Crippen molar-refractivity contribution in [2.24, 2.45) is 5.92 Å². The van der Waals surface area contributed by atoms with Gasteiger partial charge in [0.25, 0.3) is 16.7 Å². The molecular weight excluding hydrogens is 450 g/mol. The average Bonchev–Trinajstić information content (AvgIpc) is 3.46. The first kappa shape index (κ1) is 21.0. The van der Waals surface area contributed by atoms with Gasteiger partial charge in [-0.2, -0.15) is 5.10 Å². The largest absolute Gasteiger partial charge is 0.444 e. The highest BCUT2D eigenvalue weighted by atomic mass is 32.2. The van der Waals surface area contributed by atoms with Gasteiger partial charge in [0.15, 0.2) is 0 Å². The van der Waals surface area contributed by atoms with Crippen LogP contribution in [0.5, 0.6) is 0 Å². The van der Waals surface area contributed by atoms with Crippen molar-refractivity contribution in [3.8, 4) is 10.8 Å². The monoisotopic (exact) mass is 471 g/mol. The third-order valence-corrected chi connectivity index (χ3v) is 7.57. The molecule has 0 saturated heterocycles. The van der Waals surface area contributed by atoms with Crippen LogP contribution < -0.4 is 10.9 Å². The van der Waals surface area contributed by atoms with E-state index in [-0.39, 0.29) is 22.9 Å². The van der Waals surface area contributed by atoms with Crippen molar-refractivity contribution in [2.75, 3.05) is 11.1 Å².